The number of nitrogens with zero attached hydrogens (tertiary/aromatic N) is 1. The Morgan fingerprint density at radius 3 is 2.10 bits per heavy atom. The van der Waals surface area contributed by atoms with Gasteiger partial charge >= 0.3 is 0 Å². The van der Waals surface area contributed by atoms with Gasteiger partial charge in [0.15, 0.2) is 0 Å². The number of likely N-dealkylation sites (N-methyl/N-ethyl adjacent to an activating group) is 1. The van der Waals surface area contributed by atoms with Crippen LogP contribution in [0.2, 0.25) is 0 Å². The van der Waals surface area contributed by atoms with Crippen LogP contribution in [0.4, 0.5) is 5.69 Å². The van der Waals surface area contributed by atoms with Crippen molar-refractivity contribution in [3.63, 3.8) is 0 Å². The zero-order chi connectivity index (χ0) is 15.2. The Morgan fingerprint density at radius 1 is 0.952 bits per heavy atom. The summed E-state index contributed by atoms with van der Waals surface area (Å²) in [5.41, 5.74) is 3.77. The SMILES string of the molecule is CCC(C)c1ccc(C(Cl)CN(C)c2ccccc2)cc1. The van der Waals surface area contributed by atoms with Gasteiger partial charge in [0, 0.05) is 19.3 Å². The van der Waals surface area contributed by atoms with Gasteiger partial charge in [-0.1, -0.05) is 56.3 Å². The van der Waals surface area contributed by atoms with Crippen LogP contribution in [0.5, 0.6) is 0 Å². The second-order valence-electron chi connectivity index (χ2n) is 5.66. The van der Waals surface area contributed by atoms with E-state index in [1.807, 2.05) is 6.07 Å². The standard InChI is InChI=1S/C19H24ClN/c1-4-15(2)16-10-12-17(13-11-16)19(20)14-21(3)18-8-6-5-7-9-18/h5-13,15,19H,4,14H2,1-3H3. The van der Waals surface area contributed by atoms with Crippen LogP contribution < -0.4 is 4.90 Å². The normalized spacial score (nSPS) is 13.7. The van der Waals surface area contributed by atoms with Crippen molar-refractivity contribution in [1.82, 2.24) is 0 Å². The quantitative estimate of drug-likeness (QED) is 0.626. The number of benzene rings is 2. The van der Waals surface area contributed by atoms with E-state index in [-0.39, 0.29) is 5.38 Å². The lowest BCUT2D eigenvalue weighted by atomic mass is 9.97. The molecule has 0 bridgehead atoms. The molecule has 0 N–H and O–H groups in total. The zero-order valence-electron chi connectivity index (χ0n) is 13.1. The van der Waals surface area contributed by atoms with E-state index in [2.05, 4.69) is 74.3 Å². The summed E-state index contributed by atoms with van der Waals surface area (Å²) in [4.78, 5) is 2.19. The van der Waals surface area contributed by atoms with Crippen LogP contribution in [0.1, 0.15) is 42.7 Å². The first kappa shape index (κ1) is 15.9. The molecule has 0 saturated carbocycles. The molecular formula is C19H24ClN. The average Bonchev–Trinajstić information content (AvgIpc) is 2.55. The largest absolute Gasteiger partial charge is 0.373 e. The predicted octanol–water partition coefficient (Wildman–Crippen LogP) is 5.62. The van der Waals surface area contributed by atoms with Crippen molar-refractivity contribution in [3.8, 4) is 0 Å². The molecule has 0 aliphatic rings. The number of anilines is 1. The lowest BCUT2D eigenvalue weighted by molar-refractivity contribution is 0.732. The molecule has 2 aromatic rings. The summed E-state index contributed by atoms with van der Waals surface area (Å²) < 4.78 is 0. The highest BCUT2D eigenvalue weighted by atomic mass is 35.5. The molecule has 0 aliphatic heterocycles. The van der Waals surface area contributed by atoms with Gasteiger partial charge in [0.05, 0.1) is 5.38 Å². The van der Waals surface area contributed by atoms with Crippen LogP contribution in [0.15, 0.2) is 54.6 Å². The highest BCUT2D eigenvalue weighted by Gasteiger charge is 2.12. The highest BCUT2D eigenvalue weighted by Crippen LogP contribution is 2.26. The number of halogens is 1. The van der Waals surface area contributed by atoms with Crippen LogP contribution in [0, 0.1) is 0 Å². The third-order valence-electron chi connectivity index (χ3n) is 4.11. The van der Waals surface area contributed by atoms with Crippen LogP contribution in [0.3, 0.4) is 0 Å². The molecule has 0 radical (unpaired) electrons. The minimum absolute atomic E-state index is 0.00110. The van der Waals surface area contributed by atoms with Gasteiger partial charge < -0.3 is 4.90 Å². The minimum atomic E-state index is 0.00110. The Balaban J connectivity index is 2.01. The fourth-order valence-corrected chi connectivity index (χ4v) is 2.76. The third-order valence-corrected chi connectivity index (χ3v) is 4.50. The van der Waals surface area contributed by atoms with Gasteiger partial charge in [0.1, 0.15) is 0 Å². The third kappa shape index (κ3) is 4.25. The molecule has 1 nitrogen and oxygen atoms in total. The lowest BCUT2D eigenvalue weighted by Crippen LogP contribution is -2.21. The van der Waals surface area contributed by atoms with Crippen LogP contribution >= 0.6 is 11.6 Å². The van der Waals surface area contributed by atoms with E-state index in [4.69, 9.17) is 11.6 Å². The van der Waals surface area contributed by atoms with E-state index < -0.39 is 0 Å². The van der Waals surface area contributed by atoms with Crippen molar-refractivity contribution in [3.05, 3.63) is 65.7 Å². The van der Waals surface area contributed by atoms with Crippen LogP contribution in [0.25, 0.3) is 0 Å². The second kappa shape index (κ2) is 7.51. The Labute approximate surface area is 133 Å². The summed E-state index contributed by atoms with van der Waals surface area (Å²) in [6.07, 6.45) is 1.17. The molecule has 0 fully saturated rings. The van der Waals surface area contributed by atoms with Crippen molar-refractivity contribution in [2.24, 2.45) is 0 Å². The molecule has 21 heavy (non-hydrogen) atoms. The van der Waals surface area contributed by atoms with Gasteiger partial charge in [-0.15, -0.1) is 11.6 Å². The molecule has 0 saturated heterocycles. The average molecular weight is 302 g/mol. The number of hydrogen-bond donors (Lipinski definition) is 0. The summed E-state index contributed by atoms with van der Waals surface area (Å²) in [7, 11) is 2.08. The molecule has 2 unspecified atom stereocenters. The second-order valence-corrected chi connectivity index (χ2v) is 6.19. The summed E-state index contributed by atoms with van der Waals surface area (Å²) >= 11 is 6.58. The van der Waals surface area contributed by atoms with Crippen molar-refractivity contribution in [1.29, 1.82) is 0 Å². The van der Waals surface area contributed by atoms with Crippen molar-refractivity contribution in [2.75, 3.05) is 18.5 Å². The lowest BCUT2D eigenvalue weighted by Gasteiger charge is -2.23. The molecule has 2 aromatic carbocycles. The highest BCUT2D eigenvalue weighted by molar-refractivity contribution is 6.21. The van der Waals surface area contributed by atoms with E-state index in [9.17, 15) is 0 Å². The summed E-state index contributed by atoms with van der Waals surface area (Å²) in [6, 6.07) is 19.1. The molecule has 112 valence electrons. The smallest absolute Gasteiger partial charge is 0.0760 e. The Kier molecular flexibility index (Phi) is 5.69. The topological polar surface area (TPSA) is 3.24 Å². The molecule has 2 atom stereocenters. The number of hydrogen-bond acceptors (Lipinski definition) is 1. The molecule has 2 heteroatoms. The van der Waals surface area contributed by atoms with Gasteiger partial charge in [-0.2, -0.15) is 0 Å². The Morgan fingerprint density at radius 2 is 1.52 bits per heavy atom. The summed E-state index contributed by atoms with van der Waals surface area (Å²) in [6.45, 7) is 5.28. The number of alkyl halides is 1. The fraction of sp³-hybridized carbons (Fsp3) is 0.368. The van der Waals surface area contributed by atoms with Gasteiger partial charge in [-0.25, -0.2) is 0 Å². The van der Waals surface area contributed by atoms with E-state index >= 15 is 0 Å². The molecular weight excluding hydrogens is 278 g/mol. The van der Waals surface area contributed by atoms with Crippen molar-refractivity contribution in [2.45, 2.75) is 31.6 Å². The monoisotopic (exact) mass is 301 g/mol. The van der Waals surface area contributed by atoms with Crippen molar-refractivity contribution >= 4 is 17.3 Å². The Hall–Kier alpha value is -1.47. The van der Waals surface area contributed by atoms with Gasteiger partial charge in [-0.05, 0) is 35.6 Å². The van der Waals surface area contributed by atoms with E-state index in [1.165, 1.54) is 23.2 Å². The zero-order valence-corrected chi connectivity index (χ0v) is 13.8. The van der Waals surface area contributed by atoms with Gasteiger partial charge in [0.25, 0.3) is 0 Å². The fourth-order valence-electron chi connectivity index (χ4n) is 2.40. The maximum absolute atomic E-state index is 6.58. The predicted molar refractivity (Wildman–Crippen MR) is 93.5 cm³/mol. The molecule has 0 aromatic heterocycles. The first-order valence-corrected chi connectivity index (χ1v) is 8.05. The molecule has 0 spiro atoms. The van der Waals surface area contributed by atoms with Gasteiger partial charge in [0.2, 0.25) is 0 Å². The summed E-state index contributed by atoms with van der Waals surface area (Å²) in [5, 5.41) is 0.00110. The van der Waals surface area contributed by atoms with E-state index in [0.29, 0.717) is 5.92 Å². The first-order chi connectivity index (χ1) is 10.1. The maximum Gasteiger partial charge on any atom is 0.0760 e. The molecule has 2 rings (SSSR count). The number of rotatable bonds is 6. The maximum atomic E-state index is 6.58. The van der Waals surface area contributed by atoms with Crippen molar-refractivity contribution < 1.29 is 0 Å². The number of para-hydroxylation sites is 1. The Bertz CT molecular complexity index is 535. The van der Waals surface area contributed by atoms with E-state index in [0.717, 1.165) is 6.54 Å². The van der Waals surface area contributed by atoms with Gasteiger partial charge in [-0.3, -0.25) is 0 Å². The molecule has 0 aliphatic carbocycles. The molecule has 0 amide bonds. The van der Waals surface area contributed by atoms with Crippen LogP contribution in [-0.2, 0) is 0 Å². The minimum Gasteiger partial charge on any atom is -0.373 e. The first-order valence-electron chi connectivity index (χ1n) is 7.62. The van der Waals surface area contributed by atoms with E-state index in [1.54, 1.807) is 0 Å². The summed E-state index contributed by atoms with van der Waals surface area (Å²) in [5.74, 6) is 0.611. The molecule has 0 heterocycles. The van der Waals surface area contributed by atoms with Crippen LogP contribution in [-0.4, -0.2) is 13.6 Å².